The van der Waals surface area contributed by atoms with E-state index in [1.165, 1.54) is 37.7 Å². The number of rotatable bonds is 6. The van der Waals surface area contributed by atoms with Crippen LogP contribution < -0.4 is 10.1 Å². The summed E-state index contributed by atoms with van der Waals surface area (Å²) in [6.07, 6.45) is 3.48. The van der Waals surface area contributed by atoms with Crippen LogP contribution in [-0.2, 0) is 6.54 Å². The van der Waals surface area contributed by atoms with E-state index in [1.54, 1.807) is 12.1 Å². The fourth-order valence-electron chi connectivity index (χ4n) is 2.59. The Labute approximate surface area is 159 Å². The summed E-state index contributed by atoms with van der Waals surface area (Å²) in [4.78, 5) is 31.5. The minimum atomic E-state index is -0.733. The number of carbonyl (C=O) groups is 2. The van der Waals surface area contributed by atoms with Crippen LogP contribution in [0.15, 0.2) is 48.8 Å². The number of hydrogen-bond acceptors (Lipinski definition) is 5. The molecule has 0 bridgehead atoms. The van der Waals surface area contributed by atoms with Gasteiger partial charge in [0.15, 0.2) is 12.1 Å². The van der Waals surface area contributed by atoms with Gasteiger partial charge in [0.2, 0.25) is 5.88 Å². The molecule has 3 aromatic rings. The first-order valence-corrected chi connectivity index (χ1v) is 8.20. The van der Waals surface area contributed by atoms with Crippen molar-refractivity contribution in [3.8, 4) is 17.1 Å². The van der Waals surface area contributed by atoms with Crippen LogP contribution in [-0.4, -0.2) is 29.3 Å². The number of hydrogen-bond donors (Lipinski definition) is 1. The predicted molar refractivity (Wildman–Crippen MR) is 96.9 cm³/mol. The average molecular weight is 383 g/mol. The highest BCUT2D eigenvalue weighted by Crippen LogP contribution is 2.23. The molecule has 1 amide bonds. The van der Waals surface area contributed by atoms with Crippen molar-refractivity contribution in [1.29, 1.82) is 0 Å². The van der Waals surface area contributed by atoms with Gasteiger partial charge in [-0.15, -0.1) is 0 Å². The van der Waals surface area contributed by atoms with Gasteiger partial charge in [-0.1, -0.05) is 0 Å². The molecule has 0 spiro atoms. The number of carbonyl (C=O) groups excluding carboxylic acids is 2. The van der Waals surface area contributed by atoms with Gasteiger partial charge < -0.3 is 10.1 Å². The molecule has 0 atom stereocenters. The second-order valence-electron chi connectivity index (χ2n) is 5.77. The number of amides is 1. The van der Waals surface area contributed by atoms with Gasteiger partial charge in [-0.2, -0.15) is 0 Å². The summed E-state index contributed by atoms with van der Waals surface area (Å²) in [6, 6.07) is 8.22. The zero-order chi connectivity index (χ0) is 20.1. The monoisotopic (exact) mass is 383 g/mol. The second-order valence-corrected chi connectivity index (χ2v) is 5.77. The fourth-order valence-corrected chi connectivity index (χ4v) is 2.59. The summed E-state index contributed by atoms with van der Waals surface area (Å²) in [6.45, 7) is -0.0560. The molecule has 0 aliphatic rings. The molecule has 8 heteroatoms. The number of benzene rings is 1. The van der Waals surface area contributed by atoms with Crippen LogP contribution >= 0.6 is 0 Å². The standard InChI is InChI=1S/C20H15F2N3O3/c1-28-20-17(22)7-12(10-25-20)9-24-19(27)15-8-13(4-5-16(15)21)18-14(11-26)3-2-6-23-18/h2-8,10-11H,9H2,1H3,(H,24,27). The first-order chi connectivity index (χ1) is 13.5. The van der Waals surface area contributed by atoms with Crippen molar-refractivity contribution in [3.63, 3.8) is 0 Å². The number of halogens is 2. The molecule has 0 saturated carbocycles. The van der Waals surface area contributed by atoms with Crippen molar-refractivity contribution >= 4 is 12.2 Å². The van der Waals surface area contributed by atoms with E-state index in [-0.39, 0.29) is 18.0 Å². The quantitative estimate of drug-likeness (QED) is 0.662. The van der Waals surface area contributed by atoms with Crippen LogP contribution in [0.5, 0.6) is 5.88 Å². The molecule has 0 aliphatic carbocycles. The van der Waals surface area contributed by atoms with Crippen molar-refractivity contribution in [3.05, 3.63) is 77.1 Å². The third-order valence-electron chi connectivity index (χ3n) is 3.96. The van der Waals surface area contributed by atoms with Crippen LogP contribution in [0, 0.1) is 11.6 Å². The Morgan fingerprint density at radius 2 is 2.00 bits per heavy atom. The van der Waals surface area contributed by atoms with E-state index in [1.807, 2.05) is 0 Å². The highest BCUT2D eigenvalue weighted by atomic mass is 19.1. The Kier molecular flexibility index (Phi) is 5.69. The van der Waals surface area contributed by atoms with Crippen molar-refractivity contribution < 1.29 is 23.1 Å². The van der Waals surface area contributed by atoms with E-state index in [4.69, 9.17) is 4.74 Å². The topological polar surface area (TPSA) is 81.2 Å². The normalized spacial score (nSPS) is 10.4. The first kappa shape index (κ1) is 19.1. The molecule has 3 rings (SSSR count). The predicted octanol–water partition coefficient (Wildman–Crippen LogP) is 3.17. The Morgan fingerprint density at radius 1 is 1.18 bits per heavy atom. The molecule has 6 nitrogen and oxygen atoms in total. The van der Waals surface area contributed by atoms with Gasteiger partial charge in [0, 0.05) is 30.1 Å². The van der Waals surface area contributed by atoms with Gasteiger partial charge in [-0.25, -0.2) is 13.8 Å². The van der Waals surface area contributed by atoms with E-state index >= 15 is 0 Å². The number of nitrogens with zero attached hydrogens (tertiary/aromatic N) is 2. The summed E-state index contributed by atoms with van der Waals surface area (Å²) in [5.74, 6) is -2.25. The zero-order valence-electron chi connectivity index (χ0n) is 14.8. The third kappa shape index (κ3) is 4.01. The van der Waals surface area contributed by atoms with Crippen molar-refractivity contribution in [2.45, 2.75) is 6.54 Å². The summed E-state index contributed by atoms with van der Waals surface area (Å²) >= 11 is 0. The summed E-state index contributed by atoms with van der Waals surface area (Å²) < 4.78 is 32.6. The minimum Gasteiger partial charge on any atom is -0.479 e. The van der Waals surface area contributed by atoms with Gasteiger partial charge in [-0.05, 0) is 42.0 Å². The molecular weight excluding hydrogens is 368 g/mol. The molecule has 0 aliphatic heterocycles. The molecule has 28 heavy (non-hydrogen) atoms. The number of aldehydes is 1. The van der Waals surface area contributed by atoms with E-state index in [0.29, 0.717) is 28.7 Å². The van der Waals surface area contributed by atoms with Gasteiger partial charge in [-0.3, -0.25) is 14.6 Å². The maximum atomic E-state index is 14.2. The number of ether oxygens (including phenoxy) is 1. The van der Waals surface area contributed by atoms with Crippen molar-refractivity contribution in [2.24, 2.45) is 0 Å². The molecule has 1 N–H and O–H groups in total. The lowest BCUT2D eigenvalue weighted by Gasteiger charge is -2.10. The summed E-state index contributed by atoms with van der Waals surface area (Å²) in [5.41, 5.74) is 1.25. The SMILES string of the molecule is COc1ncc(CNC(=O)c2cc(-c3ncccc3C=O)ccc2F)cc1F. The lowest BCUT2D eigenvalue weighted by atomic mass is 10.0. The van der Waals surface area contributed by atoms with Gasteiger partial charge in [0.1, 0.15) is 5.82 Å². The molecule has 2 aromatic heterocycles. The smallest absolute Gasteiger partial charge is 0.254 e. The van der Waals surface area contributed by atoms with E-state index < -0.39 is 17.5 Å². The molecule has 2 heterocycles. The Morgan fingerprint density at radius 3 is 2.71 bits per heavy atom. The van der Waals surface area contributed by atoms with Crippen LogP contribution in [0.2, 0.25) is 0 Å². The average Bonchev–Trinajstić information content (AvgIpc) is 2.72. The van der Waals surface area contributed by atoms with Gasteiger partial charge in [0.05, 0.1) is 18.4 Å². The van der Waals surface area contributed by atoms with E-state index in [2.05, 4.69) is 15.3 Å². The Hall–Kier alpha value is -3.68. The maximum absolute atomic E-state index is 14.2. The van der Waals surface area contributed by atoms with Crippen molar-refractivity contribution in [1.82, 2.24) is 15.3 Å². The van der Waals surface area contributed by atoms with E-state index in [0.717, 1.165) is 6.07 Å². The largest absolute Gasteiger partial charge is 0.479 e. The number of methoxy groups -OCH3 is 1. The number of aromatic nitrogens is 2. The molecular formula is C20H15F2N3O3. The molecule has 0 fully saturated rings. The van der Waals surface area contributed by atoms with Crippen LogP contribution in [0.4, 0.5) is 8.78 Å². The minimum absolute atomic E-state index is 0.0560. The molecule has 0 radical (unpaired) electrons. The summed E-state index contributed by atoms with van der Waals surface area (Å²) in [7, 11) is 1.29. The molecule has 142 valence electrons. The van der Waals surface area contributed by atoms with Crippen molar-refractivity contribution in [2.75, 3.05) is 7.11 Å². The molecule has 0 saturated heterocycles. The zero-order valence-corrected chi connectivity index (χ0v) is 14.8. The van der Waals surface area contributed by atoms with Gasteiger partial charge in [0.25, 0.3) is 5.91 Å². The lowest BCUT2D eigenvalue weighted by molar-refractivity contribution is 0.0946. The summed E-state index contributed by atoms with van der Waals surface area (Å²) in [5, 5.41) is 2.51. The number of nitrogens with one attached hydrogen (secondary N) is 1. The highest BCUT2D eigenvalue weighted by molar-refractivity contribution is 5.96. The van der Waals surface area contributed by atoms with E-state index in [9.17, 15) is 18.4 Å². The van der Waals surface area contributed by atoms with Crippen LogP contribution in [0.1, 0.15) is 26.3 Å². The van der Waals surface area contributed by atoms with Crippen LogP contribution in [0.25, 0.3) is 11.3 Å². The maximum Gasteiger partial charge on any atom is 0.254 e. The highest BCUT2D eigenvalue weighted by Gasteiger charge is 2.15. The Bertz CT molecular complexity index is 1040. The molecule has 1 aromatic carbocycles. The van der Waals surface area contributed by atoms with Crippen LogP contribution in [0.3, 0.4) is 0 Å². The lowest BCUT2D eigenvalue weighted by Crippen LogP contribution is -2.24. The van der Waals surface area contributed by atoms with Gasteiger partial charge >= 0.3 is 0 Å². The third-order valence-corrected chi connectivity index (χ3v) is 3.96. The number of pyridine rings is 2. The molecule has 0 unspecified atom stereocenters. The second kappa shape index (κ2) is 8.34. The Balaban J connectivity index is 1.82. The fraction of sp³-hybridized carbons (Fsp3) is 0.100. The first-order valence-electron chi connectivity index (χ1n) is 8.20.